The number of nitrogens with zero attached hydrogens (tertiary/aromatic N) is 4. The summed E-state index contributed by atoms with van der Waals surface area (Å²) in [5.41, 5.74) is 1.31. The number of halogens is 3. The Morgan fingerprint density at radius 2 is 1.77 bits per heavy atom. The molecule has 0 aliphatic carbocycles. The fourth-order valence-electron chi connectivity index (χ4n) is 2.71. The third-order valence-electron chi connectivity index (χ3n) is 4.29. The molecule has 4 rings (SSSR count). The molecule has 0 aliphatic rings. The van der Waals surface area contributed by atoms with Gasteiger partial charge in [0.1, 0.15) is 10.8 Å². The van der Waals surface area contributed by atoms with Gasteiger partial charge in [0, 0.05) is 11.1 Å². The molecule has 4 aromatic rings. The second-order valence-electron chi connectivity index (χ2n) is 6.36. The normalized spacial score (nSPS) is 11.5. The quantitative estimate of drug-likeness (QED) is 0.363. The van der Waals surface area contributed by atoms with Crippen LogP contribution in [0.15, 0.2) is 70.2 Å². The molecular weight excluding hydrogens is 429 g/mol. The summed E-state index contributed by atoms with van der Waals surface area (Å²) in [6.45, 7) is 0. The molecule has 0 amide bonds. The Morgan fingerprint density at radius 3 is 2.45 bits per heavy atom. The Labute approximate surface area is 179 Å². The number of alkyl halides is 3. The minimum absolute atomic E-state index is 0.226. The van der Waals surface area contributed by atoms with Crippen LogP contribution in [0.3, 0.4) is 0 Å². The predicted octanol–water partition coefficient (Wildman–Crippen LogP) is 5.51. The van der Waals surface area contributed by atoms with E-state index in [1.807, 2.05) is 36.4 Å². The lowest BCUT2D eigenvalue weighted by Crippen LogP contribution is -2.04. The molecule has 0 radical (unpaired) electrons. The monoisotopic (exact) mass is 444 g/mol. The van der Waals surface area contributed by atoms with Crippen molar-refractivity contribution in [1.82, 2.24) is 20.3 Å². The van der Waals surface area contributed by atoms with Crippen LogP contribution in [0.2, 0.25) is 0 Å². The van der Waals surface area contributed by atoms with Crippen LogP contribution in [0.1, 0.15) is 11.5 Å². The summed E-state index contributed by atoms with van der Waals surface area (Å²) >= 11 is 1.36. The summed E-state index contributed by atoms with van der Waals surface area (Å²) < 4.78 is 48.4. The van der Waals surface area contributed by atoms with E-state index < -0.39 is 11.7 Å². The highest BCUT2D eigenvalue weighted by Gasteiger charge is 2.30. The van der Waals surface area contributed by atoms with E-state index in [0.29, 0.717) is 27.9 Å². The Morgan fingerprint density at radius 1 is 0.968 bits per heavy atom. The van der Waals surface area contributed by atoms with Gasteiger partial charge in [0.15, 0.2) is 0 Å². The van der Waals surface area contributed by atoms with Crippen LogP contribution in [-0.4, -0.2) is 27.4 Å². The zero-order chi connectivity index (χ0) is 21.8. The third kappa shape index (κ3) is 5.02. The average Bonchev–Trinajstić information content (AvgIpc) is 3.27. The Balaban J connectivity index is 1.39. The zero-order valence-corrected chi connectivity index (χ0v) is 16.9. The molecule has 0 spiro atoms. The van der Waals surface area contributed by atoms with Crippen LogP contribution in [0.25, 0.3) is 22.6 Å². The number of hydrogen-bond acceptors (Lipinski definition) is 7. The highest BCUT2D eigenvalue weighted by atomic mass is 32.2. The highest BCUT2D eigenvalue weighted by Crippen LogP contribution is 2.31. The molecule has 6 nitrogen and oxygen atoms in total. The van der Waals surface area contributed by atoms with Gasteiger partial charge in [-0.1, -0.05) is 41.2 Å². The minimum atomic E-state index is -4.39. The first-order valence-electron chi connectivity index (χ1n) is 9.03. The van der Waals surface area contributed by atoms with Crippen molar-refractivity contribution in [3.63, 3.8) is 0 Å². The van der Waals surface area contributed by atoms with Crippen molar-refractivity contribution in [3.8, 4) is 28.4 Å². The lowest BCUT2D eigenvalue weighted by Gasteiger charge is -2.05. The number of benzene rings is 2. The van der Waals surface area contributed by atoms with Crippen LogP contribution in [0.4, 0.5) is 13.2 Å². The van der Waals surface area contributed by atoms with E-state index in [9.17, 15) is 13.2 Å². The van der Waals surface area contributed by atoms with Crippen molar-refractivity contribution < 1.29 is 22.4 Å². The predicted molar refractivity (Wildman–Crippen MR) is 108 cm³/mol. The van der Waals surface area contributed by atoms with E-state index in [0.717, 1.165) is 23.4 Å². The summed E-state index contributed by atoms with van der Waals surface area (Å²) in [6.07, 6.45) is -4.39. The van der Waals surface area contributed by atoms with Crippen molar-refractivity contribution in [2.24, 2.45) is 0 Å². The van der Waals surface area contributed by atoms with Crippen molar-refractivity contribution in [2.75, 3.05) is 7.11 Å². The first kappa shape index (κ1) is 20.9. The lowest BCUT2D eigenvalue weighted by molar-refractivity contribution is -0.137. The lowest BCUT2D eigenvalue weighted by atomic mass is 10.1. The van der Waals surface area contributed by atoms with Crippen LogP contribution in [0.5, 0.6) is 5.75 Å². The summed E-state index contributed by atoms with van der Waals surface area (Å²) in [6, 6.07) is 15.8. The maximum Gasteiger partial charge on any atom is 0.416 e. The van der Waals surface area contributed by atoms with Crippen molar-refractivity contribution in [1.29, 1.82) is 0 Å². The molecule has 0 N–H and O–H groups in total. The molecule has 0 atom stereocenters. The first-order valence-corrected chi connectivity index (χ1v) is 10.0. The molecule has 0 saturated heterocycles. The van der Waals surface area contributed by atoms with Gasteiger partial charge in [-0.05, 0) is 36.4 Å². The number of ether oxygens (including phenoxy) is 1. The second-order valence-corrected chi connectivity index (χ2v) is 7.36. The van der Waals surface area contributed by atoms with Gasteiger partial charge in [-0.3, -0.25) is 0 Å². The van der Waals surface area contributed by atoms with Crippen molar-refractivity contribution >= 4 is 11.8 Å². The number of methoxy groups -OCH3 is 1. The highest BCUT2D eigenvalue weighted by molar-refractivity contribution is 7.98. The maximum absolute atomic E-state index is 12.7. The fourth-order valence-corrected chi connectivity index (χ4v) is 3.36. The molecular formula is C21H15F3N4O2S. The minimum Gasteiger partial charge on any atom is -0.497 e. The molecule has 0 fully saturated rings. The van der Waals surface area contributed by atoms with Gasteiger partial charge in [0.25, 0.3) is 0 Å². The molecule has 2 aromatic heterocycles. The molecule has 0 aliphatic heterocycles. The summed E-state index contributed by atoms with van der Waals surface area (Å²) in [5.74, 6) is 1.64. The van der Waals surface area contributed by atoms with Gasteiger partial charge >= 0.3 is 6.18 Å². The SMILES string of the molecule is COc1cccc(-c2ccc(SCc3nc(-c4ccc(C(F)(F)F)cc4)no3)nn2)c1. The second kappa shape index (κ2) is 8.76. The van der Waals surface area contributed by atoms with Crippen LogP contribution in [0, 0.1) is 0 Å². The van der Waals surface area contributed by atoms with Crippen LogP contribution in [-0.2, 0) is 11.9 Å². The Bertz CT molecular complexity index is 1160. The van der Waals surface area contributed by atoms with Crippen LogP contribution >= 0.6 is 11.8 Å². The van der Waals surface area contributed by atoms with Gasteiger partial charge in [-0.25, -0.2) is 0 Å². The van der Waals surface area contributed by atoms with Gasteiger partial charge in [-0.2, -0.15) is 18.2 Å². The molecule has 10 heteroatoms. The average molecular weight is 444 g/mol. The molecule has 31 heavy (non-hydrogen) atoms. The smallest absolute Gasteiger partial charge is 0.416 e. The summed E-state index contributed by atoms with van der Waals surface area (Å²) in [5, 5.41) is 12.9. The van der Waals surface area contributed by atoms with E-state index in [4.69, 9.17) is 9.26 Å². The zero-order valence-electron chi connectivity index (χ0n) is 16.1. The molecule has 158 valence electrons. The maximum atomic E-state index is 12.7. The fraction of sp³-hybridized carbons (Fsp3) is 0.143. The molecule has 0 unspecified atom stereocenters. The molecule has 0 saturated carbocycles. The van der Waals surface area contributed by atoms with Gasteiger partial charge in [0.2, 0.25) is 11.7 Å². The van der Waals surface area contributed by atoms with Crippen molar-refractivity contribution in [2.45, 2.75) is 17.0 Å². The van der Waals surface area contributed by atoms with E-state index >= 15 is 0 Å². The Kier molecular flexibility index (Phi) is 5.90. The van der Waals surface area contributed by atoms with Crippen molar-refractivity contribution in [3.05, 3.63) is 72.1 Å². The first-order chi connectivity index (χ1) is 14.9. The van der Waals surface area contributed by atoms with E-state index in [1.165, 1.54) is 23.9 Å². The summed E-state index contributed by atoms with van der Waals surface area (Å²) in [4.78, 5) is 4.23. The van der Waals surface area contributed by atoms with E-state index in [2.05, 4.69) is 20.3 Å². The molecule has 2 aromatic carbocycles. The summed E-state index contributed by atoms with van der Waals surface area (Å²) in [7, 11) is 1.60. The van der Waals surface area contributed by atoms with Crippen LogP contribution < -0.4 is 4.74 Å². The van der Waals surface area contributed by atoms with Gasteiger partial charge in [0.05, 0.1) is 24.1 Å². The third-order valence-corrected chi connectivity index (χ3v) is 5.19. The number of thioether (sulfide) groups is 1. The van der Waals surface area contributed by atoms with E-state index in [1.54, 1.807) is 7.11 Å². The Hall–Kier alpha value is -3.40. The van der Waals surface area contributed by atoms with E-state index in [-0.39, 0.29) is 5.82 Å². The number of hydrogen-bond donors (Lipinski definition) is 0. The van der Waals surface area contributed by atoms with Gasteiger partial charge < -0.3 is 9.26 Å². The molecule has 0 bridgehead atoms. The topological polar surface area (TPSA) is 73.9 Å². The number of rotatable bonds is 6. The molecule has 2 heterocycles. The number of aromatic nitrogens is 4. The standard InChI is InChI=1S/C21H15F3N4O2S/c1-29-16-4-2-3-14(11-16)17-9-10-19(27-26-17)31-12-18-25-20(28-30-18)13-5-7-15(8-6-13)21(22,23)24/h2-11H,12H2,1H3. The largest absolute Gasteiger partial charge is 0.497 e. The van der Waals surface area contributed by atoms with Gasteiger partial charge in [-0.15, -0.1) is 10.2 Å².